The SMILES string of the molecule is COCCOCCCNC(C)CC(N)=NO. The standard InChI is InChI=1S/C10H23N3O3/c1-9(8-10(11)13-14)12-4-3-5-16-7-6-15-2/h9,12,14H,3-8H2,1-2H3,(H2,11,13). The summed E-state index contributed by atoms with van der Waals surface area (Å²) >= 11 is 0. The lowest BCUT2D eigenvalue weighted by Crippen LogP contribution is -2.32. The molecule has 0 amide bonds. The minimum atomic E-state index is 0.204. The monoisotopic (exact) mass is 233 g/mol. The molecule has 0 bridgehead atoms. The molecule has 16 heavy (non-hydrogen) atoms. The van der Waals surface area contributed by atoms with Crippen LogP contribution in [0.2, 0.25) is 0 Å². The topological polar surface area (TPSA) is 89.1 Å². The van der Waals surface area contributed by atoms with Crippen molar-refractivity contribution in [3.63, 3.8) is 0 Å². The fourth-order valence-electron chi connectivity index (χ4n) is 1.19. The van der Waals surface area contributed by atoms with Gasteiger partial charge in [0.2, 0.25) is 0 Å². The van der Waals surface area contributed by atoms with Crippen LogP contribution in [0.4, 0.5) is 0 Å². The third-order valence-electron chi connectivity index (χ3n) is 2.03. The minimum Gasteiger partial charge on any atom is -0.409 e. The molecule has 0 aliphatic rings. The quantitative estimate of drug-likeness (QED) is 0.164. The normalized spacial score (nSPS) is 14.0. The van der Waals surface area contributed by atoms with E-state index in [1.807, 2.05) is 6.92 Å². The molecular formula is C10H23N3O3. The first-order valence-corrected chi connectivity index (χ1v) is 5.47. The lowest BCUT2D eigenvalue weighted by atomic mass is 10.2. The van der Waals surface area contributed by atoms with E-state index in [4.69, 9.17) is 20.4 Å². The fourth-order valence-corrected chi connectivity index (χ4v) is 1.19. The summed E-state index contributed by atoms with van der Waals surface area (Å²) in [5, 5.41) is 14.6. The van der Waals surface area contributed by atoms with E-state index in [-0.39, 0.29) is 11.9 Å². The summed E-state index contributed by atoms with van der Waals surface area (Å²) in [6.07, 6.45) is 1.48. The Bertz CT molecular complexity index is 188. The molecule has 6 nitrogen and oxygen atoms in total. The number of nitrogens with zero attached hydrogens (tertiary/aromatic N) is 1. The lowest BCUT2D eigenvalue weighted by Gasteiger charge is -2.12. The van der Waals surface area contributed by atoms with Crippen molar-refractivity contribution in [3.8, 4) is 0 Å². The van der Waals surface area contributed by atoms with Gasteiger partial charge in [0.15, 0.2) is 0 Å². The van der Waals surface area contributed by atoms with Crippen molar-refractivity contribution in [1.82, 2.24) is 5.32 Å². The van der Waals surface area contributed by atoms with E-state index in [9.17, 15) is 0 Å². The average molecular weight is 233 g/mol. The van der Waals surface area contributed by atoms with E-state index in [1.165, 1.54) is 0 Å². The molecule has 4 N–H and O–H groups in total. The highest BCUT2D eigenvalue weighted by Crippen LogP contribution is 1.91. The molecule has 1 unspecified atom stereocenters. The summed E-state index contributed by atoms with van der Waals surface area (Å²) in [5.41, 5.74) is 5.38. The molecule has 0 aliphatic heterocycles. The second-order valence-corrected chi connectivity index (χ2v) is 3.61. The van der Waals surface area contributed by atoms with Crippen LogP contribution in [0.15, 0.2) is 5.16 Å². The smallest absolute Gasteiger partial charge is 0.140 e. The van der Waals surface area contributed by atoms with Gasteiger partial charge in [-0.25, -0.2) is 0 Å². The van der Waals surface area contributed by atoms with Gasteiger partial charge in [0.05, 0.1) is 13.2 Å². The van der Waals surface area contributed by atoms with E-state index >= 15 is 0 Å². The van der Waals surface area contributed by atoms with E-state index in [0.29, 0.717) is 26.2 Å². The van der Waals surface area contributed by atoms with Crippen LogP contribution in [0.25, 0.3) is 0 Å². The number of hydrogen-bond acceptors (Lipinski definition) is 5. The average Bonchev–Trinajstić information content (AvgIpc) is 2.27. The highest BCUT2D eigenvalue weighted by atomic mass is 16.5. The van der Waals surface area contributed by atoms with Crippen LogP contribution in [0.1, 0.15) is 19.8 Å². The van der Waals surface area contributed by atoms with E-state index in [0.717, 1.165) is 13.0 Å². The maximum absolute atomic E-state index is 8.38. The molecule has 6 heteroatoms. The maximum atomic E-state index is 8.38. The molecule has 0 fully saturated rings. The summed E-state index contributed by atoms with van der Waals surface area (Å²) < 4.78 is 10.2. The Balaban J connectivity index is 3.24. The van der Waals surface area contributed by atoms with Crippen LogP contribution in [-0.2, 0) is 9.47 Å². The predicted octanol–water partition coefficient (Wildman–Crippen LogP) is 0.154. The van der Waals surface area contributed by atoms with Gasteiger partial charge in [0.25, 0.3) is 0 Å². The zero-order chi connectivity index (χ0) is 12.2. The number of rotatable bonds is 10. The number of methoxy groups -OCH3 is 1. The zero-order valence-corrected chi connectivity index (χ0v) is 10.1. The maximum Gasteiger partial charge on any atom is 0.140 e. The van der Waals surface area contributed by atoms with E-state index in [2.05, 4.69) is 10.5 Å². The predicted molar refractivity (Wildman–Crippen MR) is 62.8 cm³/mol. The lowest BCUT2D eigenvalue weighted by molar-refractivity contribution is 0.0693. The summed E-state index contributed by atoms with van der Waals surface area (Å²) in [4.78, 5) is 0. The molecule has 0 radical (unpaired) electrons. The Morgan fingerprint density at radius 2 is 2.19 bits per heavy atom. The number of hydrogen-bond donors (Lipinski definition) is 3. The number of amidine groups is 1. The number of oxime groups is 1. The molecule has 96 valence electrons. The molecule has 0 aromatic heterocycles. The third kappa shape index (κ3) is 9.70. The van der Waals surface area contributed by atoms with E-state index in [1.54, 1.807) is 7.11 Å². The Hall–Kier alpha value is -0.850. The molecule has 0 rings (SSSR count). The first-order valence-electron chi connectivity index (χ1n) is 5.47. The molecule has 1 atom stereocenters. The highest BCUT2D eigenvalue weighted by Gasteiger charge is 2.03. The molecule has 0 aromatic carbocycles. The van der Waals surface area contributed by atoms with Gasteiger partial charge in [-0.2, -0.15) is 0 Å². The van der Waals surface area contributed by atoms with E-state index < -0.39 is 0 Å². The van der Waals surface area contributed by atoms with Crippen molar-refractivity contribution in [2.75, 3.05) is 33.5 Å². The summed E-state index contributed by atoms with van der Waals surface area (Å²) in [7, 11) is 1.65. The van der Waals surface area contributed by atoms with Crippen LogP contribution < -0.4 is 11.1 Å². The largest absolute Gasteiger partial charge is 0.409 e. The van der Waals surface area contributed by atoms with Crippen molar-refractivity contribution >= 4 is 5.84 Å². The molecule has 0 aliphatic carbocycles. The Labute approximate surface area is 96.8 Å². The van der Waals surface area contributed by atoms with Gasteiger partial charge in [-0.1, -0.05) is 5.16 Å². The Kier molecular flexibility index (Phi) is 10.1. The van der Waals surface area contributed by atoms with Gasteiger partial charge in [-0.05, 0) is 19.9 Å². The van der Waals surface area contributed by atoms with Crippen LogP contribution in [-0.4, -0.2) is 50.6 Å². The fraction of sp³-hybridized carbons (Fsp3) is 0.900. The van der Waals surface area contributed by atoms with Crippen molar-refractivity contribution in [1.29, 1.82) is 0 Å². The van der Waals surface area contributed by atoms with Gasteiger partial charge >= 0.3 is 0 Å². The summed E-state index contributed by atoms with van der Waals surface area (Å²) in [6.45, 7) is 4.83. The van der Waals surface area contributed by atoms with Crippen molar-refractivity contribution in [2.45, 2.75) is 25.8 Å². The third-order valence-corrected chi connectivity index (χ3v) is 2.03. The van der Waals surface area contributed by atoms with Crippen LogP contribution in [0, 0.1) is 0 Å². The first kappa shape index (κ1) is 15.2. The molecule has 0 spiro atoms. The number of ether oxygens (including phenoxy) is 2. The minimum absolute atomic E-state index is 0.204. The van der Waals surface area contributed by atoms with Gasteiger partial charge in [-0.3, -0.25) is 0 Å². The summed E-state index contributed by atoms with van der Waals surface area (Å²) in [5.74, 6) is 0.247. The van der Waals surface area contributed by atoms with Crippen molar-refractivity contribution in [2.24, 2.45) is 10.9 Å². The molecule has 0 saturated carbocycles. The van der Waals surface area contributed by atoms with Crippen LogP contribution in [0.5, 0.6) is 0 Å². The van der Waals surface area contributed by atoms with Crippen molar-refractivity contribution in [3.05, 3.63) is 0 Å². The van der Waals surface area contributed by atoms with Gasteiger partial charge in [0.1, 0.15) is 5.84 Å². The summed E-state index contributed by atoms with van der Waals surface area (Å²) in [6, 6.07) is 0.204. The van der Waals surface area contributed by atoms with Gasteiger partial charge in [-0.15, -0.1) is 0 Å². The van der Waals surface area contributed by atoms with Crippen molar-refractivity contribution < 1.29 is 14.7 Å². The Morgan fingerprint density at radius 1 is 1.44 bits per heavy atom. The second-order valence-electron chi connectivity index (χ2n) is 3.61. The molecule has 0 heterocycles. The van der Waals surface area contributed by atoms with Crippen LogP contribution in [0.3, 0.4) is 0 Å². The number of nitrogens with one attached hydrogen (secondary N) is 1. The molecular weight excluding hydrogens is 210 g/mol. The second kappa shape index (κ2) is 10.7. The first-order chi connectivity index (χ1) is 7.70. The Morgan fingerprint density at radius 3 is 2.81 bits per heavy atom. The highest BCUT2D eigenvalue weighted by molar-refractivity contribution is 5.80. The van der Waals surface area contributed by atoms with Gasteiger partial charge < -0.3 is 25.7 Å². The zero-order valence-electron chi connectivity index (χ0n) is 10.1. The molecule has 0 saturated heterocycles. The number of nitrogens with two attached hydrogens (primary N) is 1. The van der Waals surface area contributed by atoms with Gasteiger partial charge in [0, 0.05) is 26.2 Å². The van der Waals surface area contributed by atoms with Crippen LogP contribution >= 0.6 is 0 Å². The molecule has 0 aromatic rings.